The summed E-state index contributed by atoms with van der Waals surface area (Å²) in [5.41, 5.74) is 6.10. The van der Waals surface area contributed by atoms with Crippen molar-refractivity contribution in [3.8, 4) is 17.6 Å². The van der Waals surface area contributed by atoms with Crippen LogP contribution in [0.4, 0.5) is 0 Å². The number of benzene rings is 4. The molecule has 73 heavy (non-hydrogen) atoms. The van der Waals surface area contributed by atoms with E-state index in [2.05, 4.69) is 78.6 Å². The van der Waals surface area contributed by atoms with Gasteiger partial charge in [0.25, 0.3) is 0 Å². The third-order valence-corrected chi connectivity index (χ3v) is 16.7. The van der Waals surface area contributed by atoms with E-state index in [1.807, 2.05) is 6.07 Å². The molecule has 7 unspecified atom stereocenters. The monoisotopic (exact) mass is 990 g/mol. The van der Waals surface area contributed by atoms with Gasteiger partial charge in [0, 0.05) is 47.8 Å². The molecule has 12 nitrogen and oxygen atoms in total. The number of aliphatic hydroxyl groups is 4. The molecule has 382 valence electrons. The van der Waals surface area contributed by atoms with Gasteiger partial charge in [-0.15, -0.1) is 0 Å². The van der Waals surface area contributed by atoms with Crippen LogP contribution < -0.4 is 10.4 Å². The third-order valence-electron chi connectivity index (χ3n) is 16.7. The number of carbonyl (C=O) groups excluding carboxylic acids is 2. The Kier molecular flexibility index (Phi) is 15.3. The number of aliphatic hydroxyl groups excluding tert-OH is 4. The van der Waals surface area contributed by atoms with Crippen molar-refractivity contribution in [2.24, 2.45) is 11.8 Å². The maximum atomic E-state index is 15.4. The molecular formula is C61H66O12. The lowest BCUT2D eigenvalue weighted by atomic mass is 9.67. The van der Waals surface area contributed by atoms with Crippen molar-refractivity contribution in [3.05, 3.63) is 157 Å². The van der Waals surface area contributed by atoms with Crippen LogP contribution in [0.1, 0.15) is 151 Å². The van der Waals surface area contributed by atoms with E-state index in [4.69, 9.17) is 23.4 Å². The lowest BCUT2D eigenvalue weighted by Crippen LogP contribution is -2.60. The molecule has 0 spiro atoms. The summed E-state index contributed by atoms with van der Waals surface area (Å²) in [5, 5.41) is 41.6. The van der Waals surface area contributed by atoms with Crippen LogP contribution in [0, 0.1) is 23.7 Å². The average molecular weight is 991 g/mol. The zero-order valence-corrected chi connectivity index (χ0v) is 41.6. The minimum Gasteiger partial charge on any atom is -0.481 e. The van der Waals surface area contributed by atoms with Crippen molar-refractivity contribution in [1.29, 1.82) is 0 Å². The molecule has 5 aliphatic rings. The van der Waals surface area contributed by atoms with E-state index < -0.39 is 54.7 Å². The summed E-state index contributed by atoms with van der Waals surface area (Å²) in [4.78, 5) is 44.9. The topological polar surface area (TPSA) is 182 Å². The number of rotatable bonds is 12. The van der Waals surface area contributed by atoms with Gasteiger partial charge in [-0.3, -0.25) is 4.79 Å². The van der Waals surface area contributed by atoms with Crippen LogP contribution in [0.25, 0.3) is 11.0 Å². The van der Waals surface area contributed by atoms with E-state index in [1.165, 1.54) is 16.7 Å². The highest BCUT2D eigenvalue weighted by atomic mass is 16.6. The molecule has 5 bridgehead atoms. The first-order chi connectivity index (χ1) is 35.6. The summed E-state index contributed by atoms with van der Waals surface area (Å²) in [6.45, 7) is -0.312. The predicted molar refractivity (Wildman–Crippen MR) is 274 cm³/mol. The highest BCUT2D eigenvalue weighted by Crippen LogP contribution is 2.55. The first kappa shape index (κ1) is 50.5. The zero-order chi connectivity index (χ0) is 50.6. The molecule has 10 rings (SSSR count). The largest absolute Gasteiger partial charge is 0.481 e. The van der Waals surface area contributed by atoms with E-state index in [0.29, 0.717) is 29.4 Å². The van der Waals surface area contributed by atoms with Crippen LogP contribution in [0.3, 0.4) is 0 Å². The quantitative estimate of drug-likeness (QED) is 0.0307. The predicted octanol–water partition coefficient (Wildman–Crippen LogP) is 9.09. The molecule has 2 aliphatic carbocycles. The standard InChI is InChI=1S/C61H66O12/c1-37(33-63)47-20-17-39-18-21-48-43(29-39)13-7-8-26-61(46-15-5-6-16-46)58(72-59(47)67)57(55-52(73-61)24-23-50-51(34-64)54(60(68)71-56(50)55)44(25-27-62)35-69-36-65)70-53(66)32-45-31-42(19-22-49(45)48)41-14-9-12-40(30-41)28-38-10-3-2-4-11-38/h2-4,9-12,14,18,21,23-24,29-30,42,44-46,49,57-58,62-65H,5-6,13,15-17,19-20,22,25-28,31-36H2,1H3. The third kappa shape index (κ3) is 10.2. The highest BCUT2D eigenvalue weighted by Gasteiger charge is 2.59. The lowest BCUT2D eigenvalue weighted by molar-refractivity contribution is -0.201. The normalized spacial score (nSPS) is 25.2. The van der Waals surface area contributed by atoms with Crippen LogP contribution in [-0.2, 0) is 49.7 Å². The molecule has 1 aromatic heterocycles. The number of carbonyl (C=O) groups is 2. The second-order valence-electron chi connectivity index (χ2n) is 20.9. The summed E-state index contributed by atoms with van der Waals surface area (Å²) in [6.07, 6.45) is 5.37. The Morgan fingerprint density at radius 3 is 2.47 bits per heavy atom. The van der Waals surface area contributed by atoms with Gasteiger partial charge in [-0.2, -0.15) is 0 Å². The average Bonchev–Trinajstić information content (AvgIpc) is 3.96. The van der Waals surface area contributed by atoms with Crippen molar-refractivity contribution >= 4 is 22.9 Å². The van der Waals surface area contributed by atoms with Gasteiger partial charge in [0.1, 0.15) is 18.1 Å². The molecule has 5 aromatic rings. The fraction of sp³-hybridized carbons (Fsp3) is 0.459. The summed E-state index contributed by atoms with van der Waals surface area (Å²) in [7, 11) is 0. The maximum absolute atomic E-state index is 15.4. The summed E-state index contributed by atoms with van der Waals surface area (Å²) >= 11 is 0. The van der Waals surface area contributed by atoms with E-state index in [9.17, 15) is 25.2 Å². The summed E-state index contributed by atoms with van der Waals surface area (Å²) in [5.74, 6) is 5.25. The van der Waals surface area contributed by atoms with Crippen LogP contribution in [0.2, 0.25) is 0 Å². The molecule has 2 fully saturated rings. The number of ether oxygens (including phenoxy) is 4. The fourth-order valence-corrected chi connectivity index (χ4v) is 13.0. The lowest BCUT2D eigenvalue weighted by Gasteiger charge is -2.49. The molecule has 12 heteroatoms. The molecule has 4 aromatic carbocycles. The van der Waals surface area contributed by atoms with Gasteiger partial charge in [-0.25, -0.2) is 9.59 Å². The van der Waals surface area contributed by atoms with Gasteiger partial charge in [-0.1, -0.05) is 97.5 Å². The molecule has 0 radical (unpaired) electrons. The highest BCUT2D eigenvalue weighted by molar-refractivity contribution is 5.90. The van der Waals surface area contributed by atoms with Crippen LogP contribution in [0.15, 0.2) is 105 Å². The molecule has 2 saturated carbocycles. The van der Waals surface area contributed by atoms with Crippen LogP contribution in [-0.4, -0.2) is 70.7 Å². The molecular weight excluding hydrogens is 925 g/mol. The van der Waals surface area contributed by atoms with Crippen molar-refractivity contribution in [2.75, 3.05) is 26.6 Å². The number of esters is 2. The molecule has 7 atom stereocenters. The Morgan fingerprint density at radius 2 is 1.68 bits per heavy atom. The second-order valence-corrected chi connectivity index (χ2v) is 20.9. The second kappa shape index (κ2) is 22.2. The van der Waals surface area contributed by atoms with Crippen molar-refractivity contribution in [2.45, 2.75) is 139 Å². The van der Waals surface area contributed by atoms with E-state index in [0.717, 1.165) is 68.1 Å². The molecule has 3 aliphatic heterocycles. The SMILES string of the molecule is CC(CO)=C1CCc2ccc3c(c2)CC#CCC2(C4CCCC4)Oc4ccc5c(CO)c(C(CCO)COCO)c(=O)oc5c4C(OC(=O)CC4CC(c5cccc(Cc6ccccc6)c5)CCC34)C2OC1=O. The fourth-order valence-electron chi connectivity index (χ4n) is 13.0. The van der Waals surface area contributed by atoms with E-state index in [1.54, 1.807) is 19.1 Å². The number of fused-ring (bicyclic) bond motifs is 9. The Bertz CT molecular complexity index is 2990. The smallest absolute Gasteiger partial charge is 0.340 e. The summed E-state index contributed by atoms with van der Waals surface area (Å²) in [6, 6.07) is 29.2. The molecule has 4 heterocycles. The first-order valence-electron chi connectivity index (χ1n) is 26.2. The Hall–Kier alpha value is -6.07. The number of hydrogen-bond donors (Lipinski definition) is 4. The molecule has 4 N–H and O–H groups in total. The van der Waals surface area contributed by atoms with Crippen molar-refractivity contribution < 1.29 is 53.4 Å². The number of aryl methyl sites for hydroxylation is 1. The van der Waals surface area contributed by atoms with E-state index >= 15 is 9.59 Å². The minimum absolute atomic E-state index is 0.000854. The van der Waals surface area contributed by atoms with Gasteiger partial charge in [0.05, 0.1) is 31.8 Å². The van der Waals surface area contributed by atoms with Gasteiger partial charge < -0.3 is 43.8 Å². The molecule has 0 saturated heterocycles. The Morgan fingerprint density at radius 1 is 0.863 bits per heavy atom. The van der Waals surface area contributed by atoms with E-state index in [-0.39, 0.29) is 97.2 Å². The maximum Gasteiger partial charge on any atom is 0.340 e. The Balaban J connectivity index is 1.16. The van der Waals surface area contributed by atoms with Crippen LogP contribution >= 0.6 is 0 Å². The van der Waals surface area contributed by atoms with Gasteiger partial charge in [-0.05, 0) is 139 Å². The summed E-state index contributed by atoms with van der Waals surface area (Å²) < 4.78 is 32.7. The first-order valence-corrected chi connectivity index (χ1v) is 26.2. The zero-order valence-electron chi connectivity index (χ0n) is 41.6. The van der Waals surface area contributed by atoms with Gasteiger partial charge >= 0.3 is 17.6 Å². The Labute approximate surface area is 426 Å². The van der Waals surface area contributed by atoms with Gasteiger partial charge in [0.15, 0.2) is 17.8 Å². The van der Waals surface area contributed by atoms with Crippen LogP contribution in [0.5, 0.6) is 5.75 Å². The van der Waals surface area contributed by atoms with Gasteiger partial charge in [0.2, 0.25) is 0 Å². The van der Waals surface area contributed by atoms with Crippen molar-refractivity contribution in [1.82, 2.24) is 0 Å². The minimum atomic E-state index is -1.37. The number of hydrogen-bond acceptors (Lipinski definition) is 12. The van der Waals surface area contributed by atoms with Crippen molar-refractivity contribution in [3.63, 3.8) is 0 Å². The molecule has 0 amide bonds.